The van der Waals surface area contributed by atoms with Gasteiger partial charge in [-0.05, 0) is 27.7 Å². The zero-order valence-electron chi connectivity index (χ0n) is 11.8. The highest BCUT2D eigenvalue weighted by atomic mass is 32.2. The van der Waals surface area contributed by atoms with E-state index in [-0.39, 0.29) is 23.2 Å². The SMILES string of the molecule is Cc1noc(C)c1S(=O)(=O)NCc1nncn1C(C)C. The fourth-order valence-corrected chi connectivity index (χ4v) is 3.22. The molecular weight excluding hydrogens is 282 g/mol. The second-order valence-electron chi connectivity index (χ2n) is 4.73. The van der Waals surface area contributed by atoms with E-state index in [0.717, 1.165) is 0 Å². The van der Waals surface area contributed by atoms with Crippen molar-refractivity contribution in [3.05, 3.63) is 23.6 Å². The molecule has 110 valence electrons. The number of aryl methyl sites for hydroxylation is 2. The van der Waals surface area contributed by atoms with Crippen molar-refractivity contribution in [2.75, 3.05) is 0 Å². The first kappa shape index (κ1) is 14.7. The van der Waals surface area contributed by atoms with Gasteiger partial charge in [-0.2, -0.15) is 0 Å². The van der Waals surface area contributed by atoms with E-state index >= 15 is 0 Å². The fourth-order valence-electron chi connectivity index (χ4n) is 1.91. The van der Waals surface area contributed by atoms with Crippen LogP contribution < -0.4 is 4.72 Å². The molecule has 9 heteroatoms. The van der Waals surface area contributed by atoms with Gasteiger partial charge in [-0.1, -0.05) is 5.16 Å². The summed E-state index contributed by atoms with van der Waals surface area (Å²) in [6, 6.07) is 0.156. The molecule has 0 amide bonds. The Morgan fingerprint density at radius 3 is 2.65 bits per heavy atom. The largest absolute Gasteiger partial charge is 0.360 e. The highest BCUT2D eigenvalue weighted by Gasteiger charge is 2.24. The number of nitrogens with one attached hydrogen (secondary N) is 1. The van der Waals surface area contributed by atoms with Crippen LogP contribution in [0.3, 0.4) is 0 Å². The van der Waals surface area contributed by atoms with Crippen LogP contribution >= 0.6 is 0 Å². The van der Waals surface area contributed by atoms with Crippen molar-refractivity contribution >= 4 is 10.0 Å². The second-order valence-corrected chi connectivity index (χ2v) is 6.43. The van der Waals surface area contributed by atoms with Crippen molar-refractivity contribution < 1.29 is 12.9 Å². The Bertz CT molecular complexity index is 682. The highest BCUT2D eigenvalue weighted by molar-refractivity contribution is 7.89. The molecule has 2 heterocycles. The Kier molecular flexibility index (Phi) is 3.91. The van der Waals surface area contributed by atoms with Crippen LogP contribution in [-0.2, 0) is 16.6 Å². The number of sulfonamides is 1. The first-order valence-electron chi connectivity index (χ1n) is 6.14. The summed E-state index contributed by atoms with van der Waals surface area (Å²) in [7, 11) is -3.68. The van der Waals surface area contributed by atoms with E-state index in [4.69, 9.17) is 4.52 Å². The van der Waals surface area contributed by atoms with E-state index in [1.54, 1.807) is 24.7 Å². The number of rotatable bonds is 5. The van der Waals surface area contributed by atoms with Crippen LogP contribution in [0.25, 0.3) is 0 Å². The van der Waals surface area contributed by atoms with Crippen LogP contribution in [0.15, 0.2) is 15.7 Å². The summed E-state index contributed by atoms with van der Waals surface area (Å²) < 4.78 is 33.7. The zero-order valence-corrected chi connectivity index (χ0v) is 12.6. The van der Waals surface area contributed by atoms with Gasteiger partial charge in [-0.25, -0.2) is 13.1 Å². The van der Waals surface area contributed by atoms with Gasteiger partial charge in [-0.3, -0.25) is 0 Å². The smallest absolute Gasteiger partial charge is 0.246 e. The third-order valence-corrected chi connectivity index (χ3v) is 4.51. The van der Waals surface area contributed by atoms with E-state index in [2.05, 4.69) is 20.1 Å². The minimum Gasteiger partial charge on any atom is -0.360 e. The van der Waals surface area contributed by atoms with Gasteiger partial charge >= 0.3 is 0 Å². The van der Waals surface area contributed by atoms with Gasteiger partial charge in [0.15, 0.2) is 5.76 Å². The molecule has 0 aliphatic heterocycles. The van der Waals surface area contributed by atoms with Crippen LogP contribution in [-0.4, -0.2) is 28.3 Å². The monoisotopic (exact) mass is 299 g/mol. The number of hydrogen-bond acceptors (Lipinski definition) is 6. The van der Waals surface area contributed by atoms with E-state index in [0.29, 0.717) is 11.5 Å². The molecule has 0 fully saturated rings. The van der Waals surface area contributed by atoms with Gasteiger partial charge < -0.3 is 9.09 Å². The lowest BCUT2D eigenvalue weighted by Gasteiger charge is -2.10. The molecule has 2 rings (SSSR count). The molecule has 0 spiro atoms. The molecule has 0 saturated heterocycles. The van der Waals surface area contributed by atoms with Crippen molar-refractivity contribution in [2.24, 2.45) is 0 Å². The van der Waals surface area contributed by atoms with Crippen LogP contribution in [0.4, 0.5) is 0 Å². The fraction of sp³-hybridized carbons (Fsp3) is 0.545. The molecule has 0 saturated carbocycles. The molecule has 8 nitrogen and oxygen atoms in total. The van der Waals surface area contributed by atoms with Gasteiger partial charge in [0.2, 0.25) is 10.0 Å². The molecule has 0 aliphatic carbocycles. The molecule has 2 aromatic rings. The maximum absolute atomic E-state index is 12.2. The van der Waals surface area contributed by atoms with E-state index in [1.165, 1.54) is 0 Å². The molecular formula is C11H17N5O3S. The van der Waals surface area contributed by atoms with Crippen molar-refractivity contribution in [2.45, 2.75) is 45.2 Å². The van der Waals surface area contributed by atoms with Crippen molar-refractivity contribution in [3.63, 3.8) is 0 Å². The first-order valence-corrected chi connectivity index (χ1v) is 7.62. The summed E-state index contributed by atoms with van der Waals surface area (Å²) in [5.74, 6) is 0.815. The Morgan fingerprint density at radius 1 is 1.40 bits per heavy atom. The zero-order chi connectivity index (χ0) is 14.9. The second kappa shape index (κ2) is 5.33. The molecule has 2 aromatic heterocycles. The average Bonchev–Trinajstić information content (AvgIpc) is 2.94. The molecule has 1 N–H and O–H groups in total. The molecule has 0 radical (unpaired) electrons. The quantitative estimate of drug-likeness (QED) is 0.881. The van der Waals surface area contributed by atoms with Gasteiger partial charge in [0.25, 0.3) is 0 Å². The van der Waals surface area contributed by atoms with Crippen molar-refractivity contribution in [3.8, 4) is 0 Å². The number of nitrogens with zero attached hydrogens (tertiary/aromatic N) is 4. The van der Waals surface area contributed by atoms with E-state index in [9.17, 15) is 8.42 Å². The topological polar surface area (TPSA) is 103 Å². The summed E-state index contributed by atoms with van der Waals surface area (Å²) in [6.45, 7) is 7.14. The van der Waals surface area contributed by atoms with E-state index in [1.807, 2.05) is 13.8 Å². The molecule has 0 unspecified atom stereocenters. The standard InChI is InChI=1S/C11H17N5O3S/c1-7(2)16-6-12-14-10(16)5-13-20(17,18)11-8(3)15-19-9(11)4/h6-7,13H,5H2,1-4H3. The highest BCUT2D eigenvalue weighted by Crippen LogP contribution is 2.18. The number of hydrogen-bond donors (Lipinski definition) is 1. The van der Waals surface area contributed by atoms with Gasteiger partial charge in [0, 0.05) is 6.04 Å². The molecule has 20 heavy (non-hydrogen) atoms. The maximum Gasteiger partial charge on any atom is 0.246 e. The predicted octanol–water partition coefficient (Wildman–Crippen LogP) is 0.942. The Labute approximate surface area is 117 Å². The van der Waals surface area contributed by atoms with Crippen LogP contribution in [0, 0.1) is 13.8 Å². The molecule has 0 bridgehead atoms. The van der Waals surface area contributed by atoms with Crippen LogP contribution in [0.1, 0.15) is 37.2 Å². The van der Waals surface area contributed by atoms with Crippen LogP contribution in [0.5, 0.6) is 0 Å². The molecule has 0 aromatic carbocycles. The Balaban J connectivity index is 2.20. The Hall–Kier alpha value is -1.74. The summed E-state index contributed by atoms with van der Waals surface area (Å²) >= 11 is 0. The predicted molar refractivity (Wildman–Crippen MR) is 70.4 cm³/mol. The number of aromatic nitrogens is 4. The molecule has 0 aliphatic rings. The summed E-state index contributed by atoms with van der Waals surface area (Å²) in [4.78, 5) is 0.0770. The third-order valence-electron chi connectivity index (χ3n) is 2.86. The lowest BCUT2D eigenvalue weighted by Crippen LogP contribution is -2.26. The van der Waals surface area contributed by atoms with Crippen LogP contribution in [0.2, 0.25) is 0 Å². The summed E-state index contributed by atoms with van der Waals surface area (Å²) in [6.07, 6.45) is 1.57. The normalized spacial score (nSPS) is 12.2. The minimum absolute atomic E-state index is 0.0601. The minimum atomic E-state index is -3.68. The Morgan fingerprint density at radius 2 is 2.10 bits per heavy atom. The van der Waals surface area contributed by atoms with Crippen molar-refractivity contribution in [1.29, 1.82) is 0 Å². The first-order chi connectivity index (χ1) is 9.33. The van der Waals surface area contributed by atoms with Gasteiger partial charge in [-0.15, -0.1) is 10.2 Å². The average molecular weight is 299 g/mol. The van der Waals surface area contributed by atoms with E-state index < -0.39 is 10.0 Å². The third kappa shape index (κ3) is 2.73. The van der Waals surface area contributed by atoms with Crippen molar-refractivity contribution in [1.82, 2.24) is 24.6 Å². The summed E-state index contributed by atoms with van der Waals surface area (Å²) in [5, 5.41) is 11.3. The summed E-state index contributed by atoms with van der Waals surface area (Å²) in [5.41, 5.74) is 0.334. The van der Waals surface area contributed by atoms with Gasteiger partial charge in [0.1, 0.15) is 22.7 Å². The maximum atomic E-state index is 12.2. The lowest BCUT2D eigenvalue weighted by molar-refractivity contribution is 0.390. The van der Waals surface area contributed by atoms with Gasteiger partial charge in [0.05, 0.1) is 6.54 Å². The lowest BCUT2D eigenvalue weighted by atomic mass is 10.4. The molecule has 0 atom stereocenters.